The van der Waals surface area contributed by atoms with E-state index in [0.29, 0.717) is 11.8 Å². The number of nitrogens with zero attached hydrogens (tertiary/aromatic N) is 1. The Morgan fingerprint density at radius 2 is 1.38 bits per heavy atom. The van der Waals surface area contributed by atoms with Crippen LogP contribution in [0.3, 0.4) is 0 Å². The van der Waals surface area contributed by atoms with Crippen LogP contribution < -0.4 is 0 Å². The van der Waals surface area contributed by atoms with E-state index in [1.807, 2.05) is 0 Å². The number of hydrogen-bond donors (Lipinski definition) is 2. The van der Waals surface area contributed by atoms with Crippen LogP contribution in [-0.2, 0) is 5.04 Å². The molecule has 0 spiro atoms. The zero-order chi connectivity index (χ0) is 24.8. The summed E-state index contributed by atoms with van der Waals surface area (Å²) in [5, 5.41) is 9.07. The lowest BCUT2D eigenvalue weighted by Gasteiger charge is -2.48. The van der Waals surface area contributed by atoms with E-state index in [1.54, 1.807) is 0 Å². The summed E-state index contributed by atoms with van der Waals surface area (Å²) in [5.41, 5.74) is 9.29. The van der Waals surface area contributed by atoms with Gasteiger partial charge in [0.05, 0.1) is 5.04 Å². The molecule has 1 atom stereocenters. The van der Waals surface area contributed by atoms with Gasteiger partial charge in [0.2, 0.25) is 0 Å². The number of fused-ring (bicyclic) bond motifs is 1. The molecule has 34 heavy (non-hydrogen) atoms. The third-order valence-corrected chi connectivity index (χ3v) is 10.8. The first-order chi connectivity index (χ1) is 16.0. The highest BCUT2D eigenvalue weighted by Gasteiger charge is 2.59. The summed E-state index contributed by atoms with van der Waals surface area (Å²) < 4.78 is 5.64. The first-order valence-electron chi connectivity index (χ1n) is 12.6. The highest BCUT2D eigenvalue weighted by atomic mass is 28.3. The Morgan fingerprint density at radius 3 is 1.88 bits per heavy atom. The zero-order valence-electron chi connectivity index (χ0n) is 22.0. The average molecular weight is 470 g/mol. The molecule has 0 fully saturated rings. The van der Waals surface area contributed by atoms with Crippen LogP contribution in [0.15, 0.2) is 65.3 Å². The molecule has 0 radical (unpaired) electrons. The van der Waals surface area contributed by atoms with Gasteiger partial charge in [-0.3, -0.25) is 0 Å². The molecule has 0 saturated carbocycles. The normalized spacial score (nSPS) is 19.4. The lowest BCUT2D eigenvalue weighted by Crippen LogP contribution is -2.61. The zero-order valence-corrected chi connectivity index (χ0v) is 23.0. The highest BCUT2D eigenvalue weighted by Crippen LogP contribution is 2.52. The molecule has 2 heterocycles. The van der Waals surface area contributed by atoms with Gasteiger partial charge in [0.1, 0.15) is 0 Å². The third-order valence-electron chi connectivity index (χ3n) is 7.35. The fourth-order valence-corrected chi connectivity index (χ4v) is 9.56. The van der Waals surface area contributed by atoms with Crippen LogP contribution in [0, 0.1) is 17.2 Å². The van der Waals surface area contributed by atoms with Gasteiger partial charge in [-0.2, -0.15) is 0 Å². The van der Waals surface area contributed by atoms with Gasteiger partial charge in [0, 0.05) is 33.9 Å². The van der Waals surface area contributed by atoms with Crippen LogP contribution in [0.2, 0.25) is 13.1 Å². The van der Waals surface area contributed by atoms with Gasteiger partial charge in [-0.1, -0.05) is 102 Å². The Labute approximate surface area is 206 Å². The first-order valence-corrected chi connectivity index (χ1v) is 15.5. The number of aromatic nitrogens is 1. The summed E-state index contributed by atoms with van der Waals surface area (Å²) in [5.74, 6) is 0.730. The molecular weight excluding hydrogens is 430 g/mol. The number of H-pyrrole nitrogens is 1. The lowest BCUT2D eigenvalue weighted by atomic mass is 9.79. The minimum Gasteiger partial charge on any atom is -0.360 e. The van der Waals surface area contributed by atoms with Crippen LogP contribution >= 0.6 is 0 Å². The molecule has 1 aromatic heterocycles. The second kappa shape index (κ2) is 8.81. The molecule has 1 aliphatic rings. The van der Waals surface area contributed by atoms with Crippen LogP contribution in [0.1, 0.15) is 70.0 Å². The van der Waals surface area contributed by atoms with Gasteiger partial charge in [-0.25, -0.2) is 0 Å². The van der Waals surface area contributed by atoms with Crippen molar-refractivity contribution in [2.45, 2.75) is 65.6 Å². The summed E-state index contributed by atoms with van der Waals surface area (Å²) in [6.07, 6.45) is 0. The Morgan fingerprint density at radius 1 is 0.824 bits per heavy atom. The van der Waals surface area contributed by atoms with Crippen molar-refractivity contribution in [2.75, 3.05) is 0 Å². The maximum Gasteiger partial charge on any atom is 0.197 e. The quantitative estimate of drug-likeness (QED) is 0.272. The SMILES string of the molecule is CC(C)C(=N)C1(c2ccccc2)c2[nH]c(C(C)C)c(-c3ccccc3)c2C(C(C)C)=N[Si]1(C)C. The number of rotatable bonds is 6. The summed E-state index contributed by atoms with van der Waals surface area (Å²) in [6, 6.07) is 21.5. The molecule has 0 saturated heterocycles. The van der Waals surface area contributed by atoms with Gasteiger partial charge >= 0.3 is 0 Å². The van der Waals surface area contributed by atoms with Crippen molar-refractivity contribution in [3.63, 3.8) is 0 Å². The predicted octanol–water partition coefficient (Wildman–Crippen LogP) is 7.97. The fourth-order valence-electron chi connectivity index (χ4n) is 5.80. The van der Waals surface area contributed by atoms with Crippen molar-refractivity contribution >= 4 is 19.7 Å². The topological polar surface area (TPSA) is 52.0 Å². The Hall–Kier alpha value is -2.72. The van der Waals surface area contributed by atoms with E-state index in [-0.39, 0.29) is 5.92 Å². The monoisotopic (exact) mass is 469 g/mol. The van der Waals surface area contributed by atoms with Gasteiger partial charge in [-0.05, 0) is 42.0 Å². The minimum absolute atomic E-state index is 0.113. The molecule has 178 valence electrons. The lowest BCUT2D eigenvalue weighted by molar-refractivity contribution is 0.739. The molecule has 0 aliphatic carbocycles. The molecule has 4 heteroatoms. The van der Waals surface area contributed by atoms with E-state index < -0.39 is 13.3 Å². The van der Waals surface area contributed by atoms with E-state index in [1.165, 1.54) is 39.4 Å². The van der Waals surface area contributed by atoms with Gasteiger partial charge in [-0.15, -0.1) is 0 Å². The van der Waals surface area contributed by atoms with Crippen molar-refractivity contribution in [3.8, 4) is 11.1 Å². The number of aromatic amines is 1. The standard InChI is InChI=1S/C30H39N3Si/c1-19(2)26-24(22-15-11-9-12-16-22)25-27(20(3)4)33-34(7,8)30(29(25)32-26,28(31)21(5)6)23-17-13-10-14-18-23/h9-21,31-32H,1-8H3. The number of nitrogens with one attached hydrogen (secondary N) is 2. The first kappa shape index (κ1) is 24.4. The maximum absolute atomic E-state index is 9.62. The Balaban J connectivity index is 2.24. The van der Waals surface area contributed by atoms with E-state index in [0.717, 1.165) is 5.71 Å². The average Bonchev–Trinajstić information content (AvgIpc) is 3.20. The largest absolute Gasteiger partial charge is 0.360 e. The maximum atomic E-state index is 9.62. The van der Waals surface area contributed by atoms with Crippen molar-refractivity contribution in [2.24, 2.45) is 16.5 Å². The molecule has 4 rings (SSSR count). The summed E-state index contributed by atoms with van der Waals surface area (Å²) in [7, 11) is -2.43. The molecule has 2 N–H and O–H groups in total. The van der Waals surface area contributed by atoms with Crippen molar-refractivity contribution < 1.29 is 0 Å². The summed E-state index contributed by atoms with van der Waals surface area (Å²) >= 11 is 0. The predicted molar refractivity (Wildman–Crippen MR) is 149 cm³/mol. The van der Waals surface area contributed by atoms with Crippen LogP contribution in [0.5, 0.6) is 0 Å². The van der Waals surface area contributed by atoms with Gasteiger partial charge in [0.25, 0.3) is 0 Å². The van der Waals surface area contributed by atoms with Crippen LogP contribution in [0.25, 0.3) is 11.1 Å². The van der Waals surface area contributed by atoms with Crippen LogP contribution in [-0.4, -0.2) is 24.6 Å². The smallest absolute Gasteiger partial charge is 0.197 e. The number of benzene rings is 2. The molecule has 1 aliphatic heterocycles. The van der Waals surface area contributed by atoms with E-state index in [4.69, 9.17) is 4.66 Å². The Kier molecular flexibility index (Phi) is 6.32. The molecular formula is C30H39N3Si. The van der Waals surface area contributed by atoms with Crippen molar-refractivity contribution in [1.82, 2.24) is 4.98 Å². The Bertz CT molecular complexity index is 1220. The minimum atomic E-state index is -2.43. The molecule has 3 nitrogen and oxygen atoms in total. The molecule has 1 unspecified atom stereocenters. The fraction of sp³-hybridized carbons (Fsp3) is 0.400. The number of hydrogen-bond acceptors (Lipinski definition) is 2. The second-order valence-corrected chi connectivity index (χ2v) is 15.2. The molecule has 3 aromatic rings. The van der Waals surface area contributed by atoms with Gasteiger partial charge in [0.15, 0.2) is 8.24 Å². The van der Waals surface area contributed by atoms with Crippen molar-refractivity contribution in [3.05, 3.63) is 83.2 Å². The highest BCUT2D eigenvalue weighted by molar-refractivity contribution is 6.84. The van der Waals surface area contributed by atoms with E-state index >= 15 is 0 Å². The summed E-state index contributed by atoms with van der Waals surface area (Å²) in [4.78, 5) is 3.98. The molecule has 0 amide bonds. The molecule has 0 bridgehead atoms. The van der Waals surface area contributed by atoms with Crippen LogP contribution in [0.4, 0.5) is 0 Å². The van der Waals surface area contributed by atoms with E-state index in [9.17, 15) is 5.41 Å². The third kappa shape index (κ3) is 3.54. The van der Waals surface area contributed by atoms with Gasteiger partial charge < -0.3 is 15.1 Å². The van der Waals surface area contributed by atoms with E-state index in [2.05, 4.69) is 120 Å². The molecule has 2 aromatic carbocycles. The van der Waals surface area contributed by atoms with Crippen molar-refractivity contribution in [1.29, 1.82) is 5.41 Å². The summed E-state index contributed by atoms with van der Waals surface area (Å²) in [6.45, 7) is 18.0. The second-order valence-electron chi connectivity index (χ2n) is 11.1.